The van der Waals surface area contributed by atoms with Gasteiger partial charge in [-0.2, -0.15) is 0 Å². The van der Waals surface area contributed by atoms with Crippen LogP contribution in [0.25, 0.3) is 0 Å². The third-order valence-corrected chi connectivity index (χ3v) is 2.63. The largest absolute Gasteiger partial charge is 1.00 e. The Labute approximate surface area is 80.3 Å². The van der Waals surface area contributed by atoms with E-state index in [4.69, 9.17) is 0 Å². The molecular weight excluding hydrogens is 229 g/mol. The van der Waals surface area contributed by atoms with E-state index in [0.717, 1.165) is 0 Å². The first kappa shape index (κ1) is 10.1. The van der Waals surface area contributed by atoms with E-state index in [1.54, 1.807) is 32.1 Å². The van der Waals surface area contributed by atoms with Crippen LogP contribution in [-0.2, 0) is 19.5 Å². The van der Waals surface area contributed by atoms with Crippen LogP contribution in [0.4, 0.5) is 0 Å². The van der Waals surface area contributed by atoms with Crippen molar-refractivity contribution in [3.8, 4) is 0 Å². The maximum atomic E-state index is 1.58. The van der Waals surface area contributed by atoms with Crippen LogP contribution >= 0.6 is 0 Å². The van der Waals surface area contributed by atoms with Crippen LogP contribution < -0.4 is 17.0 Å². The molecule has 2 bridgehead atoms. The molecule has 0 nitrogen and oxygen atoms in total. The van der Waals surface area contributed by atoms with Crippen molar-refractivity contribution < 1.29 is 36.5 Å². The fraction of sp³-hybridized carbons (Fsp3) is 1.00. The van der Waals surface area contributed by atoms with Gasteiger partial charge in [0.05, 0.1) is 0 Å². The van der Waals surface area contributed by atoms with E-state index >= 15 is 0 Å². The summed E-state index contributed by atoms with van der Waals surface area (Å²) in [6.07, 6.45) is 7.82. The van der Waals surface area contributed by atoms with E-state index in [0.29, 0.717) is 0 Å². The predicted octanol–water partition coefficient (Wildman–Crippen LogP) is -0.802. The van der Waals surface area contributed by atoms with Gasteiger partial charge in [-0.05, 0) is 18.3 Å². The third-order valence-electron chi connectivity index (χ3n) is 2.63. The zero-order valence-electron chi connectivity index (χ0n) is 5.78. The molecule has 0 aromatic heterocycles. The first-order valence-electron chi connectivity index (χ1n) is 3.45. The van der Waals surface area contributed by atoms with Crippen LogP contribution in [0, 0.1) is 11.8 Å². The van der Waals surface area contributed by atoms with Crippen LogP contribution in [0.2, 0.25) is 0 Å². The first-order valence-corrected chi connectivity index (χ1v) is 3.45. The predicted molar refractivity (Wildman–Crippen MR) is 30.1 cm³/mol. The second-order valence-electron chi connectivity index (χ2n) is 3.12. The zero-order valence-corrected chi connectivity index (χ0v) is 10.3. The Hall–Kier alpha value is 1.10. The maximum absolute atomic E-state index is 1.58. The Bertz CT molecular complexity index is 67.0. The molecule has 2 aliphatic rings. The van der Waals surface area contributed by atoms with Gasteiger partial charge in [0.15, 0.2) is 0 Å². The zero-order chi connectivity index (χ0) is 4.69. The molecule has 0 unspecified atom stereocenters. The Balaban J connectivity index is 0.000000320. The summed E-state index contributed by atoms with van der Waals surface area (Å²) in [7, 11) is 0. The molecule has 0 atom stereocenters. The van der Waals surface area contributed by atoms with Gasteiger partial charge in [-0.3, -0.25) is 0 Å². The van der Waals surface area contributed by atoms with Gasteiger partial charge in [-0.15, -0.1) is 0 Å². The maximum Gasteiger partial charge on any atom is 0 e. The van der Waals surface area contributed by atoms with Crippen LogP contribution in [0.15, 0.2) is 0 Å². The fourth-order valence-electron chi connectivity index (χ4n) is 2.17. The smallest absolute Gasteiger partial charge is 0 e. The minimum absolute atomic E-state index is 0. The normalized spacial score (nSPS) is 37.3. The summed E-state index contributed by atoms with van der Waals surface area (Å²) in [5.41, 5.74) is 0. The molecule has 0 amide bonds. The number of hydrogen-bond acceptors (Lipinski definition) is 0. The number of hydrogen-bond donors (Lipinski definition) is 0. The second kappa shape index (κ2) is 4.08. The van der Waals surface area contributed by atoms with E-state index in [9.17, 15) is 0 Å². The molecule has 0 radical (unpaired) electrons. The topological polar surface area (TPSA) is 0 Å². The minimum atomic E-state index is 0. The van der Waals surface area contributed by atoms with E-state index in [1.165, 1.54) is 11.8 Å². The molecule has 0 aliphatic heterocycles. The first-order chi connectivity index (χ1) is 3.45. The summed E-state index contributed by atoms with van der Waals surface area (Å²) < 4.78 is 0. The molecule has 2 rings (SSSR count). The summed E-state index contributed by atoms with van der Waals surface area (Å²) >= 11 is 0. The van der Waals surface area contributed by atoms with Crippen molar-refractivity contribution in [1.82, 2.24) is 0 Å². The quantitative estimate of drug-likeness (QED) is 0.487. The SMILES string of the molecule is C1CC2CCC1C2.[Br-].[Zn]. The molecule has 0 saturated heterocycles. The molecular formula is C7H12BrZn-. The Kier molecular flexibility index (Phi) is 4.58. The van der Waals surface area contributed by atoms with Gasteiger partial charge in [-0.25, -0.2) is 0 Å². The molecule has 0 heterocycles. The van der Waals surface area contributed by atoms with E-state index < -0.39 is 0 Å². The van der Waals surface area contributed by atoms with Gasteiger partial charge < -0.3 is 17.0 Å². The number of fused-ring (bicyclic) bond motifs is 2. The van der Waals surface area contributed by atoms with E-state index in [1.807, 2.05) is 0 Å². The van der Waals surface area contributed by atoms with Crippen LogP contribution in [0.1, 0.15) is 32.1 Å². The Morgan fingerprint density at radius 3 is 1.22 bits per heavy atom. The monoisotopic (exact) mass is 239 g/mol. The van der Waals surface area contributed by atoms with Crippen molar-refractivity contribution >= 4 is 0 Å². The standard InChI is InChI=1S/C7H12.BrH.Zn/c1-2-7-4-3-6(1)5-7;;/h6-7H,1-5H2;1H;/p-1. The summed E-state index contributed by atoms with van der Waals surface area (Å²) in [5.74, 6) is 2.34. The molecule has 2 fully saturated rings. The molecule has 0 aromatic rings. The molecule has 2 aliphatic carbocycles. The molecule has 0 spiro atoms. The number of halogens is 1. The average Bonchev–Trinajstić information content (AvgIpc) is 2.22. The van der Waals surface area contributed by atoms with E-state index in [-0.39, 0.29) is 36.5 Å². The van der Waals surface area contributed by atoms with E-state index in [2.05, 4.69) is 0 Å². The summed E-state index contributed by atoms with van der Waals surface area (Å²) in [6, 6.07) is 0. The Morgan fingerprint density at radius 2 is 1.11 bits per heavy atom. The molecule has 0 N–H and O–H groups in total. The third kappa shape index (κ3) is 2.01. The van der Waals surface area contributed by atoms with Crippen molar-refractivity contribution in [1.29, 1.82) is 0 Å². The fourth-order valence-corrected chi connectivity index (χ4v) is 2.17. The van der Waals surface area contributed by atoms with Crippen molar-refractivity contribution in [3.05, 3.63) is 0 Å². The molecule has 9 heavy (non-hydrogen) atoms. The van der Waals surface area contributed by atoms with Crippen molar-refractivity contribution in [2.45, 2.75) is 32.1 Å². The van der Waals surface area contributed by atoms with Gasteiger partial charge >= 0.3 is 0 Å². The second-order valence-corrected chi connectivity index (χ2v) is 3.12. The van der Waals surface area contributed by atoms with Crippen LogP contribution in [0.3, 0.4) is 0 Å². The van der Waals surface area contributed by atoms with Crippen molar-refractivity contribution in [3.63, 3.8) is 0 Å². The average molecular weight is 241 g/mol. The van der Waals surface area contributed by atoms with Gasteiger partial charge in [0.2, 0.25) is 0 Å². The summed E-state index contributed by atoms with van der Waals surface area (Å²) in [4.78, 5) is 0. The molecule has 0 aromatic carbocycles. The molecule has 50 valence electrons. The minimum Gasteiger partial charge on any atom is -1.00 e. The van der Waals surface area contributed by atoms with Gasteiger partial charge in [0, 0.05) is 19.5 Å². The summed E-state index contributed by atoms with van der Waals surface area (Å²) in [5, 5.41) is 0. The van der Waals surface area contributed by atoms with Gasteiger partial charge in [-0.1, -0.05) is 25.7 Å². The molecule has 2 saturated carbocycles. The van der Waals surface area contributed by atoms with Gasteiger partial charge in [0.1, 0.15) is 0 Å². The van der Waals surface area contributed by atoms with Crippen molar-refractivity contribution in [2.75, 3.05) is 0 Å². The van der Waals surface area contributed by atoms with Crippen LogP contribution in [-0.4, -0.2) is 0 Å². The summed E-state index contributed by atoms with van der Waals surface area (Å²) in [6.45, 7) is 0. The van der Waals surface area contributed by atoms with Crippen LogP contribution in [0.5, 0.6) is 0 Å². The molecule has 2 heteroatoms. The van der Waals surface area contributed by atoms with Crippen molar-refractivity contribution in [2.24, 2.45) is 11.8 Å². The Morgan fingerprint density at radius 1 is 0.778 bits per heavy atom. The van der Waals surface area contributed by atoms with Gasteiger partial charge in [0.25, 0.3) is 0 Å². The number of rotatable bonds is 0.